The molecule has 1 aromatic heterocycles. The molecule has 0 radical (unpaired) electrons. The van der Waals surface area contributed by atoms with Crippen LogP contribution in [-0.4, -0.2) is 34.9 Å². The number of H-pyrrole nitrogens is 1. The molecule has 7 heteroatoms. The fourth-order valence-corrected chi connectivity index (χ4v) is 3.15. The van der Waals surface area contributed by atoms with Crippen LogP contribution < -0.4 is 15.4 Å². The molecule has 0 unspecified atom stereocenters. The normalized spacial score (nSPS) is 14.7. The predicted octanol–water partition coefficient (Wildman–Crippen LogP) is 2.41. The summed E-state index contributed by atoms with van der Waals surface area (Å²) in [7, 11) is 1.61. The molecule has 0 saturated heterocycles. The molecule has 26 heavy (non-hydrogen) atoms. The van der Waals surface area contributed by atoms with Gasteiger partial charge in [-0.05, 0) is 30.5 Å². The van der Waals surface area contributed by atoms with Gasteiger partial charge in [0.25, 0.3) is 11.8 Å². The smallest absolute Gasteiger partial charge is 0.272 e. The summed E-state index contributed by atoms with van der Waals surface area (Å²) < 4.78 is 5.11. The summed E-state index contributed by atoms with van der Waals surface area (Å²) in [4.78, 5) is 31.7. The number of carbonyl (C=O) groups is 2. The second-order valence-electron chi connectivity index (χ2n) is 6.47. The van der Waals surface area contributed by atoms with Crippen molar-refractivity contribution in [2.24, 2.45) is 0 Å². The number of carbonyl (C=O) groups excluding carboxylic acids is 2. The fraction of sp³-hybridized carbons (Fsp3) is 0.421. The van der Waals surface area contributed by atoms with Crippen molar-refractivity contribution in [3.05, 3.63) is 47.5 Å². The van der Waals surface area contributed by atoms with Crippen LogP contribution in [0.15, 0.2) is 30.6 Å². The molecule has 2 amide bonds. The number of nitrogens with zero attached hydrogens (tertiary/aromatic N) is 1. The number of methoxy groups -OCH3 is 1. The molecule has 2 aromatic rings. The van der Waals surface area contributed by atoms with Crippen molar-refractivity contribution < 1.29 is 14.3 Å². The highest BCUT2D eigenvalue weighted by atomic mass is 16.5. The minimum Gasteiger partial charge on any atom is -0.497 e. The van der Waals surface area contributed by atoms with Crippen LogP contribution in [0.1, 0.15) is 58.6 Å². The Morgan fingerprint density at radius 1 is 1.15 bits per heavy atom. The number of amides is 2. The number of hydrogen-bond donors (Lipinski definition) is 3. The summed E-state index contributed by atoms with van der Waals surface area (Å²) in [6.07, 6.45) is 6.80. The van der Waals surface area contributed by atoms with E-state index in [1.807, 2.05) is 24.3 Å². The first-order valence-electron chi connectivity index (χ1n) is 8.92. The van der Waals surface area contributed by atoms with Crippen molar-refractivity contribution in [1.82, 2.24) is 20.6 Å². The summed E-state index contributed by atoms with van der Waals surface area (Å²) in [5.74, 6) is 0.107. The van der Waals surface area contributed by atoms with Gasteiger partial charge < -0.3 is 20.4 Å². The third-order valence-electron chi connectivity index (χ3n) is 4.63. The molecule has 0 bridgehead atoms. The van der Waals surface area contributed by atoms with E-state index in [0.29, 0.717) is 6.54 Å². The first-order chi connectivity index (χ1) is 12.7. The summed E-state index contributed by atoms with van der Waals surface area (Å²) in [6.45, 7) is 0.353. The van der Waals surface area contributed by atoms with E-state index in [-0.39, 0.29) is 29.2 Å². The zero-order valence-corrected chi connectivity index (χ0v) is 14.9. The highest BCUT2D eigenvalue weighted by molar-refractivity contribution is 6.04. The van der Waals surface area contributed by atoms with Gasteiger partial charge in [0.2, 0.25) is 0 Å². The SMILES string of the molecule is COc1ccc(CNC(=O)c2[nH]cnc2C(=O)NC2CCCCC2)cc1. The van der Waals surface area contributed by atoms with Gasteiger partial charge in [-0.3, -0.25) is 9.59 Å². The summed E-state index contributed by atoms with van der Waals surface area (Å²) in [5, 5.41) is 5.79. The lowest BCUT2D eigenvalue weighted by Crippen LogP contribution is -2.37. The fourth-order valence-electron chi connectivity index (χ4n) is 3.15. The van der Waals surface area contributed by atoms with Crippen LogP contribution in [0, 0.1) is 0 Å². The van der Waals surface area contributed by atoms with Gasteiger partial charge in [-0.1, -0.05) is 31.4 Å². The van der Waals surface area contributed by atoms with E-state index in [0.717, 1.165) is 37.0 Å². The lowest BCUT2D eigenvalue weighted by molar-refractivity contribution is 0.0897. The van der Waals surface area contributed by atoms with Crippen molar-refractivity contribution in [2.75, 3.05) is 7.11 Å². The standard InChI is InChI=1S/C19H24N4O3/c1-26-15-9-7-13(8-10-15)11-20-18(24)16-17(22-12-21-16)19(25)23-14-5-3-2-4-6-14/h7-10,12,14H,2-6,11H2,1H3,(H,20,24)(H,21,22)(H,23,25). The minimum atomic E-state index is -0.355. The molecule has 3 N–H and O–H groups in total. The molecule has 1 heterocycles. The molecular weight excluding hydrogens is 332 g/mol. The topological polar surface area (TPSA) is 96.1 Å². The summed E-state index contributed by atoms with van der Waals surface area (Å²) >= 11 is 0. The van der Waals surface area contributed by atoms with Gasteiger partial charge in [-0.25, -0.2) is 4.98 Å². The van der Waals surface area contributed by atoms with E-state index in [4.69, 9.17) is 4.74 Å². The van der Waals surface area contributed by atoms with Gasteiger partial charge in [-0.2, -0.15) is 0 Å². The van der Waals surface area contributed by atoms with Crippen molar-refractivity contribution in [1.29, 1.82) is 0 Å². The van der Waals surface area contributed by atoms with E-state index in [2.05, 4.69) is 20.6 Å². The average Bonchev–Trinajstić information content (AvgIpc) is 3.17. The van der Waals surface area contributed by atoms with Crippen LogP contribution in [-0.2, 0) is 6.54 Å². The third-order valence-corrected chi connectivity index (χ3v) is 4.63. The van der Waals surface area contributed by atoms with E-state index < -0.39 is 0 Å². The molecule has 138 valence electrons. The van der Waals surface area contributed by atoms with Gasteiger partial charge in [0.15, 0.2) is 5.69 Å². The molecule has 1 aromatic carbocycles. The maximum Gasteiger partial charge on any atom is 0.272 e. The quantitative estimate of drug-likeness (QED) is 0.740. The Balaban J connectivity index is 1.59. The molecule has 0 spiro atoms. The molecule has 0 atom stereocenters. The van der Waals surface area contributed by atoms with Gasteiger partial charge in [0, 0.05) is 12.6 Å². The number of benzene rings is 1. The van der Waals surface area contributed by atoms with Crippen LogP contribution in [0.5, 0.6) is 5.75 Å². The van der Waals surface area contributed by atoms with Gasteiger partial charge in [-0.15, -0.1) is 0 Å². The van der Waals surface area contributed by atoms with Crippen molar-refractivity contribution in [3.63, 3.8) is 0 Å². The Morgan fingerprint density at radius 3 is 2.58 bits per heavy atom. The van der Waals surface area contributed by atoms with Crippen LogP contribution >= 0.6 is 0 Å². The van der Waals surface area contributed by atoms with E-state index >= 15 is 0 Å². The maximum atomic E-state index is 12.5. The number of nitrogens with one attached hydrogen (secondary N) is 3. The largest absolute Gasteiger partial charge is 0.497 e. The first-order valence-corrected chi connectivity index (χ1v) is 8.92. The summed E-state index contributed by atoms with van der Waals surface area (Å²) in [5.41, 5.74) is 1.27. The lowest BCUT2D eigenvalue weighted by Gasteiger charge is -2.22. The highest BCUT2D eigenvalue weighted by Crippen LogP contribution is 2.18. The molecular formula is C19H24N4O3. The van der Waals surface area contributed by atoms with Crippen LogP contribution in [0.25, 0.3) is 0 Å². The Morgan fingerprint density at radius 2 is 1.88 bits per heavy atom. The Bertz CT molecular complexity index is 748. The van der Waals surface area contributed by atoms with Crippen LogP contribution in [0.4, 0.5) is 0 Å². The molecule has 0 aliphatic heterocycles. The predicted molar refractivity (Wildman–Crippen MR) is 97.1 cm³/mol. The molecule has 1 fully saturated rings. The lowest BCUT2D eigenvalue weighted by atomic mass is 9.95. The number of rotatable bonds is 6. The first kappa shape index (κ1) is 18.0. The highest BCUT2D eigenvalue weighted by Gasteiger charge is 2.23. The Hall–Kier alpha value is -2.83. The molecule has 1 aliphatic carbocycles. The van der Waals surface area contributed by atoms with Crippen LogP contribution in [0.3, 0.4) is 0 Å². The zero-order valence-electron chi connectivity index (χ0n) is 14.9. The van der Waals surface area contributed by atoms with E-state index in [1.54, 1.807) is 7.11 Å². The number of aromatic amines is 1. The van der Waals surface area contributed by atoms with Crippen molar-refractivity contribution >= 4 is 11.8 Å². The summed E-state index contributed by atoms with van der Waals surface area (Å²) in [6, 6.07) is 7.59. The van der Waals surface area contributed by atoms with Crippen molar-refractivity contribution in [2.45, 2.75) is 44.7 Å². The zero-order chi connectivity index (χ0) is 18.4. The second kappa shape index (κ2) is 8.51. The van der Waals surface area contributed by atoms with Gasteiger partial charge >= 0.3 is 0 Å². The molecule has 1 saturated carbocycles. The monoisotopic (exact) mass is 356 g/mol. The minimum absolute atomic E-state index is 0.141. The van der Waals surface area contributed by atoms with E-state index in [9.17, 15) is 9.59 Å². The van der Waals surface area contributed by atoms with Gasteiger partial charge in [0.1, 0.15) is 11.4 Å². The van der Waals surface area contributed by atoms with Crippen LogP contribution in [0.2, 0.25) is 0 Å². The molecule has 3 rings (SSSR count). The average molecular weight is 356 g/mol. The van der Waals surface area contributed by atoms with E-state index in [1.165, 1.54) is 12.7 Å². The molecule has 7 nitrogen and oxygen atoms in total. The molecule has 1 aliphatic rings. The number of hydrogen-bond acceptors (Lipinski definition) is 4. The van der Waals surface area contributed by atoms with Gasteiger partial charge in [0.05, 0.1) is 13.4 Å². The maximum absolute atomic E-state index is 12.5. The third kappa shape index (κ3) is 4.41. The Labute approximate surface area is 152 Å². The number of ether oxygens (including phenoxy) is 1. The number of aromatic nitrogens is 2. The second-order valence-corrected chi connectivity index (χ2v) is 6.47. The number of imidazole rings is 1. The van der Waals surface area contributed by atoms with Crippen molar-refractivity contribution in [3.8, 4) is 5.75 Å². The Kier molecular flexibility index (Phi) is 5.88.